The second-order valence-corrected chi connectivity index (χ2v) is 4.87. The molecule has 0 radical (unpaired) electrons. The van der Waals surface area contributed by atoms with E-state index in [0.717, 1.165) is 16.9 Å². The molecular weight excluding hydrogens is 292 g/mol. The zero-order valence-electron chi connectivity index (χ0n) is 12.9. The van der Waals surface area contributed by atoms with Crippen LogP contribution in [0.1, 0.15) is 0 Å². The van der Waals surface area contributed by atoms with Crippen molar-refractivity contribution in [3.05, 3.63) is 55.0 Å². The molecule has 0 fully saturated rings. The Morgan fingerprint density at radius 1 is 0.913 bits per heavy atom. The highest BCUT2D eigenvalue weighted by molar-refractivity contribution is 5.85. The maximum Gasteiger partial charge on any atom is 0.128 e. The van der Waals surface area contributed by atoms with E-state index < -0.39 is 0 Å². The molecule has 0 unspecified atom stereocenters. The fourth-order valence-electron chi connectivity index (χ4n) is 2.45. The summed E-state index contributed by atoms with van der Waals surface area (Å²) >= 11 is 0. The van der Waals surface area contributed by atoms with Gasteiger partial charge in [-0.1, -0.05) is 18.2 Å². The standard InChI is InChI=1S/C18H16N2O3/c1-22-12-7-8-14(16(21)9-12)18-15(10-19-11-20-18)13-5-3-4-6-17(13)23-2/h3-11,21H,1-2H3. The number of ether oxygens (including phenoxy) is 2. The number of phenolic OH excluding ortho intramolecular Hbond substituents is 1. The minimum atomic E-state index is 0.0965. The highest BCUT2D eigenvalue weighted by Gasteiger charge is 2.16. The van der Waals surface area contributed by atoms with Gasteiger partial charge in [0.15, 0.2) is 0 Å². The van der Waals surface area contributed by atoms with Crippen LogP contribution < -0.4 is 9.47 Å². The predicted molar refractivity (Wildman–Crippen MR) is 87.7 cm³/mol. The summed E-state index contributed by atoms with van der Waals surface area (Å²) in [5, 5.41) is 10.3. The summed E-state index contributed by atoms with van der Waals surface area (Å²) in [5.74, 6) is 1.40. The number of aromatic hydroxyl groups is 1. The summed E-state index contributed by atoms with van der Waals surface area (Å²) in [7, 11) is 3.17. The van der Waals surface area contributed by atoms with Gasteiger partial charge in [-0.25, -0.2) is 9.97 Å². The van der Waals surface area contributed by atoms with Gasteiger partial charge >= 0.3 is 0 Å². The number of methoxy groups -OCH3 is 2. The first-order valence-corrected chi connectivity index (χ1v) is 7.05. The Bertz CT molecular complexity index is 834. The fourth-order valence-corrected chi connectivity index (χ4v) is 2.45. The third-order valence-electron chi connectivity index (χ3n) is 3.57. The van der Waals surface area contributed by atoms with Crippen molar-refractivity contribution in [2.24, 2.45) is 0 Å². The number of benzene rings is 2. The average Bonchev–Trinajstić information content (AvgIpc) is 2.61. The number of aromatic nitrogens is 2. The van der Waals surface area contributed by atoms with E-state index in [-0.39, 0.29) is 5.75 Å². The smallest absolute Gasteiger partial charge is 0.128 e. The van der Waals surface area contributed by atoms with E-state index in [0.29, 0.717) is 17.0 Å². The molecule has 116 valence electrons. The summed E-state index contributed by atoms with van der Waals surface area (Å²) in [4.78, 5) is 8.46. The first kappa shape index (κ1) is 14.8. The molecule has 1 aromatic heterocycles. The SMILES string of the molecule is COc1ccc(-c2ncncc2-c2ccccc2OC)c(O)c1. The van der Waals surface area contributed by atoms with Crippen LogP contribution >= 0.6 is 0 Å². The van der Waals surface area contributed by atoms with E-state index in [1.807, 2.05) is 24.3 Å². The molecule has 0 saturated heterocycles. The number of nitrogens with zero attached hydrogens (tertiary/aromatic N) is 2. The van der Waals surface area contributed by atoms with Crippen LogP contribution in [0.15, 0.2) is 55.0 Å². The van der Waals surface area contributed by atoms with Gasteiger partial charge in [0.25, 0.3) is 0 Å². The molecule has 1 N–H and O–H groups in total. The molecule has 1 heterocycles. The van der Waals surface area contributed by atoms with Gasteiger partial charge in [-0.05, 0) is 18.2 Å². The van der Waals surface area contributed by atoms with E-state index in [1.165, 1.54) is 6.33 Å². The second-order valence-electron chi connectivity index (χ2n) is 4.87. The third kappa shape index (κ3) is 2.81. The molecule has 5 nitrogen and oxygen atoms in total. The number of rotatable bonds is 4. The van der Waals surface area contributed by atoms with Crippen molar-refractivity contribution in [1.82, 2.24) is 9.97 Å². The van der Waals surface area contributed by atoms with Gasteiger partial charge in [0, 0.05) is 29.0 Å². The molecule has 0 atom stereocenters. The Morgan fingerprint density at radius 2 is 1.74 bits per heavy atom. The number of phenols is 1. The van der Waals surface area contributed by atoms with Crippen LogP contribution in [0.5, 0.6) is 17.2 Å². The molecule has 0 spiro atoms. The molecule has 0 aliphatic rings. The zero-order valence-corrected chi connectivity index (χ0v) is 12.9. The summed E-state index contributed by atoms with van der Waals surface area (Å²) in [6, 6.07) is 12.7. The van der Waals surface area contributed by atoms with Crippen molar-refractivity contribution in [1.29, 1.82) is 0 Å². The highest BCUT2D eigenvalue weighted by atomic mass is 16.5. The van der Waals surface area contributed by atoms with Gasteiger partial charge < -0.3 is 14.6 Å². The molecule has 0 saturated carbocycles. The summed E-state index contributed by atoms with van der Waals surface area (Å²) in [6.07, 6.45) is 3.17. The van der Waals surface area contributed by atoms with E-state index in [4.69, 9.17) is 9.47 Å². The van der Waals surface area contributed by atoms with Crippen LogP contribution in [0.4, 0.5) is 0 Å². The first-order chi connectivity index (χ1) is 11.2. The summed E-state index contributed by atoms with van der Waals surface area (Å²) in [5.41, 5.74) is 2.88. The highest BCUT2D eigenvalue weighted by Crippen LogP contribution is 2.39. The minimum absolute atomic E-state index is 0.0965. The Kier molecular flexibility index (Phi) is 4.10. The Morgan fingerprint density at radius 3 is 2.48 bits per heavy atom. The molecule has 3 aromatic rings. The molecule has 0 aliphatic heterocycles. The molecule has 3 rings (SSSR count). The molecule has 0 aliphatic carbocycles. The van der Waals surface area contributed by atoms with Gasteiger partial charge in [0.05, 0.1) is 19.9 Å². The monoisotopic (exact) mass is 308 g/mol. The van der Waals surface area contributed by atoms with Gasteiger partial charge in [-0.3, -0.25) is 0 Å². The van der Waals surface area contributed by atoms with Gasteiger partial charge in [0.2, 0.25) is 0 Å². The van der Waals surface area contributed by atoms with Crippen molar-refractivity contribution in [2.75, 3.05) is 14.2 Å². The molecular formula is C18H16N2O3. The first-order valence-electron chi connectivity index (χ1n) is 7.05. The van der Waals surface area contributed by atoms with Crippen LogP contribution in [0.3, 0.4) is 0 Å². The normalized spacial score (nSPS) is 10.3. The maximum absolute atomic E-state index is 10.3. The van der Waals surface area contributed by atoms with E-state index >= 15 is 0 Å². The molecule has 0 bridgehead atoms. The topological polar surface area (TPSA) is 64.5 Å². The second kappa shape index (κ2) is 6.36. The van der Waals surface area contributed by atoms with Crippen LogP contribution in [-0.4, -0.2) is 29.3 Å². The lowest BCUT2D eigenvalue weighted by molar-refractivity contribution is 0.408. The van der Waals surface area contributed by atoms with Crippen LogP contribution in [0.2, 0.25) is 0 Å². The average molecular weight is 308 g/mol. The quantitative estimate of drug-likeness (QED) is 0.798. The lowest BCUT2D eigenvalue weighted by atomic mass is 9.99. The number of para-hydroxylation sites is 1. The molecule has 23 heavy (non-hydrogen) atoms. The molecule has 5 heteroatoms. The van der Waals surface area contributed by atoms with E-state index in [2.05, 4.69) is 9.97 Å². The minimum Gasteiger partial charge on any atom is -0.507 e. The van der Waals surface area contributed by atoms with Crippen molar-refractivity contribution in [3.63, 3.8) is 0 Å². The fraction of sp³-hybridized carbons (Fsp3) is 0.111. The maximum atomic E-state index is 10.3. The molecule has 0 amide bonds. The Labute approximate surface area is 134 Å². The van der Waals surface area contributed by atoms with Gasteiger partial charge in [-0.2, -0.15) is 0 Å². The van der Waals surface area contributed by atoms with Crippen LogP contribution in [-0.2, 0) is 0 Å². The largest absolute Gasteiger partial charge is 0.507 e. The van der Waals surface area contributed by atoms with Crippen molar-refractivity contribution >= 4 is 0 Å². The number of hydrogen-bond acceptors (Lipinski definition) is 5. The lowest BCUT2D eigenvalue weighted by Crippen LogP contribution is -1.94. The summed E-state index contributed by atoms with van der Waals surface area (Å²) < 4.78 is 10.5. The van der Waals surface area contributed by atoms with Crippen molar-refractivity contribution < 1.29 is 14.6 Å². The van der Waals surface area contributed by atoms with E-state index in [1.54, 1.807) is 38.6 Å². The Hall–Kier alpha value is -3.08. The Balaban J connectivity index is 2.19. The predicted octanol–water partition coefficient (Wildman–Crippen LogP) is 3.53. The summed E-state index contributed by atoms with van der Waals surface area (Å²) in [6.45, 7) is 0. The van der Waals surface area contributed by atoms with Gasteiger partial charge in [0.1, 0.15) is 23.6 Å². The molecule has 2 aromatic carbocycles. The van der Waals surface area contributed by atoms with Crippen LogP contribution in [0, 0.1) is 0 Å². The van der Waals surface area contributed by atoms with Crippen molar-refractivity contribution in [3.8, 4) is 39.6 Å². The van der Waals surface area contributed by atoms with Crippen molar-refractivity contribution in [2.45, 2.75) is 0 Å². The van der Waals surface area contributed by atoms with E-state index in [9.17, 15) is 5.11 Å². The third-order valence-corrected chi connectivity index (χ3v) is 3.57. The zero-order chi connectivity index (χ0) is 16.2. The van der Waals surface area contributed by atoms with Gasteiger partial charge in [-0.15, -0.1) is 0 Å². The number of hydrogen-bond donors (Lipinski definition) is 1. The van der Waals surface area contributed by atoms with Crippen LogP contribution in [0.25, 0.3) is 22.4 Å². The lowest BCUT2D eigenvalue weighted by Gasteiger charge is -2.13.